The third kappa shape index (κ3) is 3.36. The lowest BCUT2D eigenvalue weighted by Gasteiger charge is -2.35. The summed E-state index contributed by atoms with van der Waals surface area (Å²) in [6.07, 6.45) is 2.46. The van der Waals surface area contributed by atoms with Crippen LogP contribution in [0.5, 0.6) is 0 Å². The van der Waals surface area contributed by atoms with Gasteiger partial charge in [0.1, 0.15) is 5.01 Å². The third-order valence-corrected chi connectivity index (χ3v) is 5.27. The number of nitrogens with zero attached hydrogens (tertiary/aromatic N) is 4. The van der Waals surface area contributed by atoms with Crippen molar-refractivity contribution < 1.29 is 0 Å². The summed E-state index contributed by atoms with van der Waals surface area (Å²) < 4.78 is 0. The van der Waals surface area contributed by atoms with Gasteiger partial charge in [-0.25, -0.2) is 0 Å². The van der Waals surface area contributed by atoms with Gasteiger partial charge in [0.15, 0.2) is 0 Å². The van der Waals surface area contributed by atoms with Crippen LogP contribution >= 0.6 is 22.9 Å². The Labute approximate surface area is 134 Å². The van der Waals surface area contributed by atoms with Crippen LogP contribution < -0.4 is 4.90 Å². The van der Waals surface area contributed by atoms with E-state index in [2.05, 4.69) is 34.1 Å². The molecule has 0 spiro atoms. The fourth-order valence-electron chi connectivity index (χ4n) is 2.68. The minimum Gasteiger partial charge on any atom is -0.345 e. The Hall–Kier alpha value is -1.17. The van der Waals surface area contributed by atoms with Gasteiger partial charge in [-0.05, 0) is 38.6 Å². The molecule has 1 aliphatic rings. The van der Waals surface area contributed by atoms with E-state index in [0.717, 1.165) is 27.3 Å². The highest BCUT2D eigenvalue weighted by Gasteiger charge is 2.23. The van der Waals surface area contributed by atoms with Crippen molar-refractivity contribution in [3.63, 3.8) is 0 Å². The Morgan fingerprint density at radius 2 is 2.05 bits per heavy atom. The van der Waals surface area contributed by atoms with Crippen LogP contribution in [0.3, 0.4) is 0 Å². The van der Waals surface area contributed by atoms with E-state index in [-0.39, 0.29) is 0 Å². The first-order chi connectivity index (χ1) is 10.1. The van der Waals surface area contributed by atoms with Crippen molar-refractivity contribution in [2.24, 2.45) is 0 Å². The monoisotopic (exact) mass is 322 g/mol. The summed E-state index contributed by atoms with van der Waals surface area (Å²) in [7, 11) is 4.30. The molecule has 1 fully saturated rings. The average molecular weight is 323 g/mol. The molecule has 4 nitrogen and oxygen atoms in total. The summed E-state index contributed by atoms with van der Waals surface area (Å²) in [5.41, 5.74) is 1.07. The van der Waals surface area contributed by atoms with E-state index in [1.165, 1.54) is 19.4 Å². The van der Waals surface area contributed by atoms with Crippen molar-refractivity contribution in [1.29, 1.82) is 0 Å². The zero-order valence-electron chi connectivity index (χ0n) is 12.3. The maximum atomic E-state index is 5.92. The number of anilines is 1. The fourth-order valence-corrected chi connectivity index (χ4v) is 3.69. The Balaban J connectivity index is 1.76. The maximum absolute atomic E-state index is 5.92. The van der Waals surface area contributed by atoms with Gasteiger partial charge in [0.25, 0.3) is 0 Å². The lowest BCUT2D eigenvalue weighted by molar-refractivity contribution is 0.248. The smallest absolute Gasteiger partial charge is 0.208 e. The maximum Gasteiger partial charge on any atom is 0.208 e. The van der Waals surface area contributed by atoms with Crippen LogP contribution in [0.1, 0.15) is 12.8 Å². The minimum absolute atomic E-state index is 0.523. The fraction of sp³-hybridized carbons (Fsp3) is 0.467. The summed E-state index contributed by atoms with van der Waals surface area (Å²) >= 11 is 7.56. The number of rotatable bonds is 3. The second-order valence-electron chi connectivity index (χ2n) is 5.57. The number of likely N-dealkylation sites (tertiary alicyclic amines) is 1. The van der Waals surface area contributed by atoms with Crippen molar-refractivity contribution in [3.8, 4) is 10.6 Å². The summed E-state index contributed by atoms with van der Waals surface area (Å²) in [5.74, 6) is 0. The Bertz CT molecular complexity index is 598. The number of hydrogen-bond acceptors (Lipinski definition) is 5. The lowest BCUT2D eigenvalue weighted by atomic mass is 10.1. The molecule has 1 atom stereocenters. The molecular weight excluding hydrogens is 304 g/mol. The normalized spacial score (nSPS) is 19.7. The summed E-state index contributed by atoms with van der Waals surface area (Å²) in [4.78, 5) is 4.65. The number of hydrogen-bond donors (Lipinski definition) is 0. The molecule has 21 heavy (non-hydrogen) atoms. The molecule has 0 saturated carbocycles. The second-order valence-corrected chi connectivity index (χ2v) is 6.96. The largest absolute Gasteiger partial charge is 0.345 e. The van der Waals surface area contributed by atoms with Gasteiger partial charge in [-0.1, -0.05) is 35.1 Å². The number of benzene rings is 1. The van der Waals surface area contributed by atoms with E-state index in [1.54, 1.807) is 11.3 Å². The molecular formula is C15H19ClN4S. The molecule has 6 heteroatoms. The molecule has 0 bridgehead atoms. The van der Waals surface area contributed by atoms with Crippen LogP contribution in [0.25, 0.3) is 10.6 Å². The van der Waals surface area contributed by atoms with Gasteiger partial charge in [0, 0.05) is 30.2 Å². The van der Waals surface area contributed by atoms with E-state index in [9.17, 15) is 0 Å². The Morgan fingerprint density at radius 1 is 1.29 bits per heavy atom. The number of halogens is 1. The van der Waals surface area contributed by atoms with E-state index < -0.39 is 0 Å². The predicted octanol–water partition coefficient (Wildman–Crippen LogP) is 3.39. The molecule has 0 radical (unpaired) electrons. The predicted molar refractivity (Wildman–Crippen MR) is 89.3 cm³/mol. The van der Waals surface area contributed by atoms with Crippen molar-refractivity contribution in [2.75, 3.05) is 32.1 Å². The summed E-state index contributed by atoms with van der Waals surface area (Å²) in [6.45, 7) is 2.28. The molecule has 112 valence electrons. The van der Waals surface area contributed by atoms with Gasteiger partial charge in [-0.2, -0.15) is 0 Å². The minimum atomic E-state index is 0.523. The van der Waals surface area contributed by atoms with Crippen molar-refractivity contribution in [2.45, 2.75) is 18.9 Å². The topological polar surface area (TPSA) is 32.3 Å². The molecule has 2 aromatic rings. The van der Waals surface area contributed by atoms with Crippen LogP contribution in [0, 0.1) is 0 Å². The standard InChI is InChI=1S/C15H19ClN4S/c1-19-9-3-4-13(10-19)20(2)15-18-17-14(21-15)11-5-7-12(16)8-6-11/h5-8,13H,3-4,9-10H2,1-2H3. The first-order valence-electron chi connectivity index (χ1n) is 7.14. The van der Waals surface area contributed by atoms with Crippen molar-refractivity contribution in [3.05, 3.63) is 29.3 Å². The van der Waals surface area contributed by atoms with E-state index in [0.29, 0.717) is 6.04 Å². The molecule has 1 aliphatic heterocycles. The van der Waals surface area contributed by atoms with Gasteiger partial charge in [-0.15, -0.1) is 10.2 Å². The van der Waals surface area contributed by atoms with E-state index >= 15 is 0 Å². The highest BCUT2D eigenvalue weighted by molar-refractivity contribution is 7.18. The lowest BCUT2D eigenvalue weighted by Crippen LogP contribution is -2.45. The highest BCUT2D eigenvalue weighted by Crippen LogP contribution is 2.30. The quantitative estimate of drug-likeness (QED) is 0.867. The molecule has 1 aromatic carbocycles. The average Bonchev–Trinajstić information content (AvgIpc) is 2.97. The number of aromatic nitrogens is 2. The van der Waals surface area contributed by atoms with Gasteiger partial charge in [0.2, 0.25) is 5.13 Å². The zero-order valence-corrected chi connectivity index (χ0v) is 13.9. The molecule has 1 aromatic heterocycles. The van der Waals surface area contributed by atoms with Gasteiger partial charge >= 0.3 is 0 Å². The van der Waals surface area contributed by atoms with Crippen molar-refractivity contribution >= 4 is 28.1 Å². The number of piperidine rings is 1. The van der Waals surface area contributed by atoms with E-state index in [1.807, 2.05) is 24.3 Å². The molecule has 0 N–H and O–H groups in total. The molecule has 1 saturated heterocycles. The van der Waals surface area contributed by atoms with Crippen LogP contribution in [0.15, 0.2) is 24.3 Å². The van der Waals surface area contributed by atoms with Crippen LogP contribution in [0.2, 0.25) is 5.02 Å². The zero-order chi connectivity index (χ0) is 14.8. The molecule has 0 aliphatic carbocycles. The Morgan fingerprint density at radius 3 is 2.76 bits per heavy atom. The van der Waals surface area contributed by atoms with Gasteiger partial charge in [-0.3, -0.25) is 0 Å². The van der Waals surface area contributed by atoms with E-state index in [4.69, 9.17) is 11.6 Å². The first kappa shape index (κ1) is 14.8. The summed E-state index contributed by atoms with van der Waals surface area (Å²) in [5, 5.41) is 11.3. The van der Waals surface area contributed by atoms with Gasteiger partial charge < -0.3 is 9.80 Å². The first-order valence-corrected chi connectivity index (χ1v) is 8.34. The third-order valence-electron chi connectivity index (χ3n) is 3.95. The van der Waals surface area contributed by atoms with Crippen molar-refractivity contribution in [1.82, 2.24) is 15.1 Å². The summed E-state index contributed by atoms with van der Waals surface area (Å²) in [6, 6.07) is 8.27. The molecule has 0 amide bonds. The molecule has 3 rings (SSSR count). The Kier molecular flexibility index (Phi) is 4.42. The van der Waals surface area contributed by atoms with Crippen LogP contribution in [-0.2, 0) is 0 Å². The van der Waals surface area contributed by atoms with Crippen LogP contribution in [0.4, 0.5) is 5.13 Å². The molecule has 2 heterocycles. The van der Waals surface area contributed by atoms with Gasteiger partial charge in [0.05, 0.1) is 0 Å². The highest BCUT2D eigenvalue weighted by atomic mass is 35.5. The molecule has 1 unspecified atom stereocenters. The second kappa shape index (κ2) is 6.30. The number of likely N-dealkylation sites (N-methyl/N-ethyl adjacent to an activating group) is 2. The van der Waals surface area contributed by atoms with Crippen LogP contribution in [-0.4, -0.2) is 48.3 Å². The SMILES string of the molecule is CN1CCCC(N(C)c2nnc(-c3ccc(Cl)cc3)s2)C1.